The fourth-order valence-electron chi connectivity index (χ4n) is 0.688. The molecule has 54 valence electrons. The lowest BCUT2D eigenvalue weighted by molar-refractivity contribution is 0.306. The average molecular weight is 195 g/mol. The Kier molecular flexibility index (Phi) is 1.48. The monoisotopic (exact) mass is 194 g/mol. The molecular weight excluding hydrogens is 180 g/mol. The van der Waals surface area contributed by atoms with Crippen molar-refractivity contribution in [2.45, 2.75) is 26.4 Å². The summed E-state index contributed by atoms with van der Waals surface area (Å²) in [5.74, 6) is 0. The third-order valence-corrected chi connectivity index (χ3v) is 2.90. The summed E-state index contributed by atoms with van der Waals surface area (Å²) < 4.78 is 19.2. The first-order chi connectivity index (χ1) is 4.87. The maximum atomic E-state index is 7.19. The van der Waals surface area contributed by atoms with Crippen molar-refractivity contribution in [1.29, 1.82) is 0 Å². The van der Waals surface area contributed by atoms with Crippen molar-refractivity contribution in [2.75, 3.05) is 11.9 Å². The van der Waals surface area contributed by atoms with Crippen molar-refractivity contribution in [3.63, 3.8) is 0 Å². The van der Waals surface area contributed by atoms with Gasteiger partial charge < -0.3 is 4.74 Å². The van der Waals surface area contributed by atoms with Crippen LogP contribution in [-0.2, 0) is 4.74 Å². The molecule has 0 amide bonds. The minimum Gasteiger partial charge on any atom is -0.373 e. The molecule has 1 heterocycles. The largest absolute Gasteiger partial charge is 0.373 e. The van der Waals surface area contributed by atoms with E-state index in [0.29, 0.717) is 0 Å². The molecule has 0 bridgehead atoms. The molecule has 9 heavy (non-hydrogen) atoms. The van der Waals surface area contributed by atoms with Gasteiger partial charge in [-0.15, -0.1) is 0 Å². The van der Waals surface area contributed by atoms with Gasteiger partial charge in [-0.3, -0.25) is 0 Å². The van der Waals surface area contributed by atoms with Gasteiger partial charge in [0.15, 0.2) is 0 Å². The standard InChI is InChI=1S/C7H13BrO/c1-7(2,5-8)3-6-4-9-6/h6H,3-5H2,1-2H3/i4D2. The quantitative estimate of drug-likeness (QED) is 0.496. The highest BCUT2D eigenvalue weighted by Gasteiger charge is 2.30. The number of halogens is 1. The molecule has 0 radical (unpaired) electrons. The molecular formula is C7H13BrO. The molecule has 1 atom stereocenters. The first-order valence-electron chi connectivity index (χ1n) is 4.11. The van der Waals surface area contributed by atoms with Crippen LogP contribution in [0.25, 0.3) is 0 Å². The van der Waals surface area contributed by atoms with Gasteiger partial charge in [-0.05, 0) is 11.8 Å². The molecule has 0 aromatic carbocycles. The summed E-state index contributed by atoms with van der Waals surface area (Å²) in [7, 11) is 0. The first kappa shape index (κ1) is 5.14. The smallest absolute Gasteiger partial charge is 0.0815 e. The van der Waals surface area contributed by atoms with Crippen LogP contribution in [-0.4, -0.2) is 18.0 Å². The molecule has 0 spiro atoms. The van der Waals surface area contributed by atoms with E-state index in [-0.39, 0.29) is 11.5 Å². The van der Waals surface area contributed by atoms with Crippen molar-refractivity contribution in [2.24, 2.45) is 5.41 Å². The van der Waals surface area contributed by atoms with Gasteiger partial charge in [-0.1, -0.05) is 29.8 Å². The van der Waals surface area contributed by atoms with Crippen LogP contribution < -0.4 is 0 Å². The second kappa shape index (κ2) is 2.59. The minimum atomic E-state index is -1.35. The fraction of sp³-hybridized carbons (Fsp3) is 1.00. The van der Waals surface area contributed by atoms with Gasteiger partial charge in [0.05, 0.1) is 15.4 Å². The molecule has 1 nitrogen and oxygen atoms in total. The zero-order valence-corrected chi connectivity index (χ0v) is 7.36. The first-order valence-corrected chi connectivity index (χ1v) is 4.23. The Balaban J connectivity index is 2.34. The van der Waals surface area contributed by atoms with E-state index in [2.05, 4.69) is 29.8 Å². The minimum absolute atomic E-state index is 0.133. The Morgan fingerprint density at radius 2 is 2.44 bits per heavy atom. The van der Waals surface area contributed by atoms with Gasteiger partial charge in [0.1, 0.15) is 0 Å². The molecule has 0 aromatic rings. The number of hydrogen-bond acceptors (Lipinski definition) is 1. The maximum absolute atomic E-state index is 7.19. The number of epoxide rings is 1. The zero-order chi connectivity index (χ0) is 8.70. The van der Waals surface area contributed by atoms with E-state index in [1.807, 2.05) is 0 Å². The highest BCUT2D eigenvalue weighted by atomic mass is 79.9. The predicted molar refractivity (Wildman–Crippen MR) is 41.9 cm³/mol. The van der Waals surface area contributed by atoms with Crippen molar-refractivity contribution in [3.8, 4) is 0 Å². The number of alkyl halides is 1. The van der Waals surface area contributed by atoms with Gasteiger partial charge >= 0.3 is 0 Å². The van der Waals surface area contributed by atoms with Crippen molar-refractivity contribution in [3.05, 3.63) is 0 Å². The molecule has 0 N–H and O–H groups in total. The van der Waals surface area contributed by atoms with Crippen LogP contribution in [0.15, 0.2) is 0 Å². The lowest BCUT2D eigenvalue weighted by atomic mass is 9.91. The summed E-state index contributed by atoms with van der Waals surface area (Å²) in [5.41, 5.74) is 0.133. The molecule has 1 saturated heterocycles. The van der Waals surface area contributed by atoms with Crippen LogP contribution in [0.5, 0.6) is 0 Å². The van der Waals surface area contributed by atoms with Crippen LogP contribution in [0, 0.1) is 5.41 Å². The molecule has 0 aromatic heterocycles. The molecule has 1 rings (SSSR count). The lowest BCUT2D eigenvalue weighted by Gasteiger charge is -2.19. The van der Waals surface area contributed by atoms with Gasteiger partial charge in [0, 0.05) is 5.33 Å². The normalized spacial score (nSPS) is 35.2. The topological polar surface area (TPSA) is 12.5 Å². The highest BCUT2D eigenvalue weighted by molar-refractivity contribution is 9.09. The number of rotatable bonds is 3. The summed E-state index contributed by atoms with van der Waals surface area (Å²) in [4.78, 5) is 0. The van der Waals surface area contributed by atoms with Gasteiger partial charge in [0.25, 0.3) is 0 Å². The summed E-state index contributed by atoms with van der Waals surface area (Å²) in [6.07, 6.45) is 0.598. The molecule has 2 heteroatoms. The Morgan fingerprint density at radius 3 is 2.78 bits per heavy atom. The Hall–Kier alpha value is 0.440. The number of hydrogen-bond donors (Lipinski definition) is 0. The average Bonchev–Trinajstić information content (AvgIpc) is 2.39. The molecule has 1 unspecified atom stereocenters. The Morgan fingerprint density at radius 1 is 1.89 bits per heavy atom. The van der Waals surface area contributed by atoms with Gasteiger partial charge in [-0.25, -0.2) is 0 Å². The SMILES string of the molecule is [2H]C1([2H])OC1CC(C)(C)CBr. The Labute approximate surface area is 67.7 Å². The van der Waals surface area contributed by atoms with E-state index < -0.39 is 6.56 Å². The van der Waals surface area contributed by atoms with Gasteiger partial charge in [-0.2, -0.15) is 0 Å². The predicted octanol–water partition coefficient (Wildman–Crippen LogP) is 2.20. The number of ether oxygens (including phenoxy) is 1. The molecule has 1 aliphatic heterocycles. The van der Waals surface area contributed by atoms with Crippen LogP contribution in [0.3, 0.4) is 0 Å². The summed E-state index contributed by atoms with van der Waals surface area (Å²) in [6, 6.07) is 0. The van der Waals surface area contributed by atoms with E-state index in [0.717, 1.165) is 11.8 Å². The van der Waals surface area contributed by atoms with Crippen LogP contribution in [0.4, 0.5) is 0 Å². The van der Waals surface area contributed by atoms with Crippen molar-refractivity contribution in [1.82, 2.24) is 0 Å². The van der Waals surface area contributed by atoms with E-state index in [1.165, 1.54) is 0 Å². The molecule has 0 saturated carbocycles. The van der Waals surface area contributed by atoms with Crippen LogP contribution in [0.2, 0.25) is 0 Å². The van der Waals surface area contributed by atoms with Crippen LogP contribution in [0.1, 0.15) is 23.0 Å². The lowest BCUT2D eigenvalue weighted by Crippen LogP contribution is -2.15. The second-order valence-electron chi connectivity index (χ2n) is 3.23. The fourth-order valence-corrected chi connectivity index (χ4v) is 0.917. The summed E-state index contributed by atoms with van der Waals surface area (Å²) >= 11 is 3.39. The maximum Gasteiger partial charge on any atom is 0.0815 e. The van der Waals surface area contributed by atoms with Crippen LogP contribution >= 0.6 is 15.9 Å². The van der Waals surface area contributed by atoms with E-state index in [1.54, 1.807) is 0 Å². The second-order valence-corrected chi connectivity index (χ2v) is 3.79. The van der Waals surface area contributed by atoms with E-state index in [4.69, 9.17) is 7.48 Å². The molecule has 0 aliphatic carbocycles. The van der Waals surface area contributed by atoms with Gasteiger partial charge in [0.2, 0.25) is 0 Å². The third kappa shape index (κ3) is 2.67. The molecule has 1 aliphatic rings. The van der Waals surface area contributed by atoms with Crippen molar-refractivity contribution >= 4 is 15.9 Å². The highest BCUT2D eigenvalue weighted by Crippen LogP contribution is 2.30. The summed E-state index contributed by atoms with van der Waals surface area (Å²) in [6.45, 7) is 2.85. The summed E-state index contributed by atoms with van der Waals surface area (Å²) in [5, 5.41) is 0.885. The van der Waals surface area contributed by atoms with Crippen molar-refractivity contribution < 1.29 is 7.48 Å². The molecule has 1 fully saturated rings. The zero-order valence-electron chi connectivity index (χ0n) is 7.78. The Bertz CT molecular complexity index is 159. The van der Waals surface area contributed by atoms with E-state index >= 15 is 0 Å². The third-order valence-electron chi connectivity index (χ3n) is 1.38. The van der Waals surface area contributed by atoms with E-state index in [9.17, 15) is 0 Å².